The Kier molecular flexibility index (Phi) is 3.31. The lowest BCUT2D eigenvalue weighted by atomic mass is 9.79. The Balaban J connectivity index is 1.38. The summed E-state index contributed by atoms with van der Waals surface area (Å²) >= 11 is 0. The van der Waals surface area contributed by atoms with E-state index in [1.807, 2.05) is 6.07 Å². The van der Waals surface area contributed by atoms with Crippen LogP contribution in [0.5, 0.6) is 0 Å². The molecule has 0 aromatic heterocycles. The zero-order valence-corrected chi connectivity index (χ0v) is 12.1. The average molecular weight is 271 g/mol. The predicted octanol–water partition coefficient (Wildman–Crippen LogP) is 3.09. The second-order valence-electron chi connectivity index (χ2n) is 7.12. The van der Waals surface area contributed by atoms with Gasteiger partial charge < -0.3 is 10.4 Å². The fourth-order valence-corrected chi connectivity index (χ4v) is 5.39. The first kappa shape index (κ1) is 12.8. The van der Waals surface area contributed by atoms with Crippen LogP contribution in [0.2, 0.25) is 0 Å². The molecule has 2 N–H and O–H groups in total. The summed E-state index contributed by atoms with van der Waals surface area (Å²) in [5, 5.41) is 13.0. The normalized spacial score (nSPS) is 38.4. The number of nitrogens with one attached hydrogen (secondary N) is 1. The number of benzene rings is 1. The summed E-state index contributed by atoms with van der Waals surface area (Å²) in [5.74, 6) is 4.09. The zero-order valence-electron chi connectivity index (χ0n) is 12.1. The third kappa shape index (κ3) is 2.10. The van der Waals surface area contributed by atoms with Crippen molar-refractivity contribution in [2.75, 3.05) is 0 Å². The van der Waals surface area contributed by atoms with Crippen LogP contribution in [-0.4, -0.2) is 11.1 Å². The van der Waals surface area contributed by atoms with Crippen molar-refractivity contribution in [3.05, 3.63) is 35.4 Å². The Labute approximate surface area is 121 Å². The van der Waals surface area contributed by atoms with Crippen molar-refractivity contribution < 1.29 is 5.11 Å². The van der Waals surface area contributed by atoms with Crippen molar-refractivity contribution in [2.45, 2.75) is 51.3 Å². The van der Waals surface area contributed by atoms with Gasteiger partial charge in [-0.1, -0.05) is 30.7 Å². The van der Waals surface area contributed by atoms with E-state index in [0.717, 1.165) is 41.8 Å². The molecular weight excluding hydrogens is 246 g/mol. The van der Waals surface area contributed by atoms with Crippen LogP contribution in [-0.2, 0) is 13.2 Å². The second-order valence-corrected chi connectivity index (χ2v) is 7.12. The lowest BCUT2D eigenvalue weighted by molar-refractivity contribution is 0.208. The van der Waals surface area contributed by atoms with Gasteiger partial charge in [0.2, 0.25) is 0 Å². The molecule has 2 heteroatoms. The van der Waals surface area contributed by atoms with E-state index in [-0.39, 0.29) is 6.61 Å². The van der Waals surface area contributed by atoms with Crippen molar-refractivity contribution in [3.8, 4) is 0 Å². The third-order valence-corrected chi connectivity index (χ3v) is 6.17. The number of rotatable bonds is 4. The highest BCUT2D eigenvalue weighted by atomic mass is 16.3. The van der Waals surface area contributed by atoms with Crippen molar-refractivity contribution in [2.24, 2.45) is 23.7 Å². The largest absolute Gasteiger partial charge is 0.392 e. The summed E-state index contributed by atoms with van der Waals surface area (Å²) in [7, 11) is 0. The fraction of sp³-hybridized carbons (Fsp3) is 0.667. The van der Waals surface area contributed by atoms with E-state index >= 15 is 0 Å². The number of aliphatic hydroxyl groups excluding tert-OH is 1. The average Bonchev–Trinajstić information content (AvgIpc) is 3.17. The maximum Gasteiger partial charge on any atom is 0.0681 e. The summed E-state index contributed by atoms with van der Waals surface area (Å²) in [5.41, 5.74) is 2.33. The van der Waals surface area contributed by atoms with Crippen LogP contribution in [0.15, 0.2) is 24.3 Å². The highest BCUT2D eigenvalue weighted by molar-refractivity contribution is 5.23. The molecule has 1 aromatic rings. The van der Waals surface area contributed by atoms with Crippen LogP contribution in [0, 0.1) is 23.7 Å². The molecule has 0 saturated heterocycles. The van der Waals surface area contributed by atoms with E-state index in [1.165, 1.54) is 37.7 Å². The van der Waals surface area contributed by atoms with E-state index in [1.54, 1.807) is 0 Å². The number of hydrogen-bond donors (Lipinski definition) is 2. The van der Waals surface area contributed by atoms with Crippen LogP contribution in [0.1, 0.15) is 43.2 Å². The number of fused-ring (bicyclic) bond motifs is 5. The van der Waals surface area contributed by atoms with Gasteiger partial charge in [-0.3, -0.25) is 0 Å². The summed E-state index contributed by atoms with van der Waals surface area (Å²) in [6, 6.07) is 9.08. The number of hydrogen-bond acceptors (Lipinski definition) is 2. The molecule has 4 rings (SSSR count). The van der Waals surface area contributed by atoms with Crippen molar-refractivity contribution in [1.29, 1.82) is 0 Å². The van der Waals surface area contributed by atoms with Crippen molar-refractivity contribution in [3.63, 3.8) is 0 Å². The molecule has 2 bridgehead atoms. The van der Waals surface area contributed by atoms with Gasteiger partial charge >= 0.3 is 0 Å². The summed E-state index contributed by atoms with van der Waals surface area (Å²) in [6.45, 7) is 1.10. The first-order valence-electron chi connectivity index (χ1n) is 8.27. The summed E-state index contributed by atoms with van der Waals surface area (Å²) in [6.07, 6.45) is 7.38. The molecule has 1 aromatic carbocycles. The molecule has 20 heavy (non-hydrogen) atoms. The van der Waals surface area contributed by atoms with Crippen LogP contribution in [0.3, 0.4) is 0 Å². The first-order valence-corrected chi connectivity index (χ1v) is 8.27. The molecule has 0 heterocycles. The minimum atomic E-state index is 0.145. The molecule has 0 radical (unpaired) electrons. The lowest BCUT2D eigenvalue weighted by Crippen LogP contribution is -2.38. The Morgan fingerprint density at radius 1 is 1.05 bits per heavy atom. The van der Waals surface area contributed by atoms with Gasteiger partial charge in [-0.05, 0) is 60.5 Å². The second kappa shape index (κ2) is 5.16. The molecule has 3 aliphatic carbocycles. The van der Waals surface area contributed by atoms with E-state index in [2.05, 4.69) is 23.5 Å². The standard InChI is InChI=1S/C18H25NO/c20-11-13-4-1-3-12(7-13)10-19-18-9-14-8-17(18)16-6-2-5-15(14)16/h1,3-4,7,14-20H,2,5-6,8-11H2. The monoisotopic (exact) mass is 271 g/mol. The summed E-state index contributed by atoms with van der Waals surface area (Å²) < 4.78 is 0. The highest BCUT2D eigenvalue weighted by Gasteiger charge is 2.53. The van der Waals surface area contributed by atoms with Gasteiger partial charge in [0.15, 0.2) is 0 Å². The van der Waals surface area contributed by atoms with Crippen LogP contribution < -0.4 is 5.32 Å². The van der Waals surface area contributed by atoms with Gasteiger partial charge in [0.25, 0.3) is 0 Å². The van der Waals surface area contributed by atoms with Gasteiger partial charge in [-0.2, -0.15) is 0 Å². The Morgan fingerprint density at radius 2 is 1.90 bits per heavy atom. The SMILES string of the molecule is OCc1cccc(CNC2CC3CC2C2CCCC32)c1. The van der Waals surface area contributed by atoms with Crippen molar-refractivity contribution in [1.82, 2.24) is 5.32 Å². The van der Waals surface area contributed by atoms with Gasteiger partial charge in [0.1, 0.15) is 0 Å². The zero-order chi connectivity index (χ0) is 13.5. The minimum absolute atomic E-state index is 0.145. The molecule has 0 aliphatic heterocycles. The van der Waals surface area contributed by atoms with Gasteiger partial charge in [0, 0.05) is 12.6 Å². The Morgan fingerprint density at radius 3 is 2.80 bits per heavy atom. The maximum atomic E-state index is 9.21. The Hall–Kier alpha value is -0.860. The van der Waals surface area contributed by atoms with E-state index in [4.69, 9.17) is 0 Å². The van der Waals surface area contributed by atoms with E-state index in [9.17, 15) is 5.11 Å². The highest BCUT2D eigenvalue weighted by Crippen LogP contribution is 2.58. The van der Waals surface area contributed by atoms with Gasteiger partial charge in [0.05, 0.1) is 6.61 Å². The smallest absolute Gasteiger partial charge is 0.0681 e. The van der Waals surface area contributed by atoms with E-state index in [0.29, 0.717) is 0 Å². The molecule has 3 saturated carbocycles. The molecule has 2 nitrogen and oxygen atoms in total. The van der Waals surface area contributed by atoms with Crippen LogP contribution in [0.25, 0.3) is 0 Å². The molecule has 108 valence electrons. The third-order valence-electron chi connectivity index (χ3n) is 6.17. The molecule has 0 amide bonds. The van der Waals surface area contributed by atoms with E-state index < -0.39 is 0 Å². The molecule has 3 fully saturated rings. The number of aliphatic hydroxyl groups is 1. The van der Waals surface area contributed by atoms with Gasteiger partial charge in [-0.15, -0.1) is 0 Å². The van der Waals surface area contributed by atoms with Gasteiger partial charge in [-0.25, -0.2) is 0 Å². The fourth-order valence-electron chi connectivity index (χ4n) is 5.39. The first-order chi connectivity index (χ1) is 9.85. The predicted molar refractivity (Wildman–Crippen MR) is 80.0 cm³/mol. The summed E-state index contributed by atoms with van der Waals surface area (Å²) in [4.78, 5) is 0. The van der Waals surface area contributed by atoms with Crippen LogP contribution >= 0.6 is 0 Å². The lowest BCUT2D eigenvalue weighted by Gasteiger charge is -2.32. The minimum Gasteiger partial charge on any atom is -0.392 e. The van der Waals surface area contributed by atoms with Crippen molar-refractivity contribution >= 4 is 0 Å². The molecule has 0 spiro atoms. The van der Waals surface area contributed by atoms with Crippen LogP contribution in [0.4, 0.5) is 0 Å². The quantitative estimate of drug-likeness (QED) is 0.882. The molecule has 3 aliphatic rings. The molecule has 5 unspecified atom stereocenters. The maximum absolute atomic E-state index is 9.21. The topological polar surface area (TPSA) is 32.3 Å². The Bertz CT molecular complexity index is 486. The molecular formula is C18H25NO. The molecule has 5 atom stereocenters.